The van der Waals surface area contributed by atoms with Crippen LogP contribution in [-0.2, 0) is 0 Å². The second-order valence-corrected chi connectivity index (χ2v) is 11.2. The first-order chi connectivity index (χ1) is 14.8. The Kier molecular flexibility index (Phi) is 8.85. The normalized spacial score (nSPS) is 12.2. The Morgan fingerprint density at radius 2 is 0.969 bits per heavy atom. The highest BCUT2D eigenvalue weighted by Crippen LogP contribution is 2.40. The zero-order valence-corrected chi connectivity index (χ0v) is 22.8. The fraction of sp³-hybridized carbons (Fsp3) is 0.600. The number of hydrogen-bond donors (Lipinski definition) is 1. The minimum Gasteiger partial charge on any atom is -0.298 e. The molecule has 2 aromatic carbocycles. The van der Waals surface area contributed by atoms with Gasteiger partial charge in [0.25, 0.3) is 0 Å². The number of anilines is 2. The van der Waals surface area contributed by atoms with Crippen LogP contribution in [0.25, 0.3) is 0 Å². The maximum Gasteiger partial charge on any atom is 0.0644 e. The molecule has 0 amide bonds. The van der Waals surface area contributed by atoms with Gasteiger partial charge in [0.15, 0.2) is 0 Å². The van der Waals surface area contributed by atoms with Crippen molar-refractivity contribution in [3.8, 4) is 0 Å². The number of hydrazine groups is 1. The lowest BCUT2D eigenvalue weighted by atomic mass is 9.87. The molecule has 0 saturated heterocycles. The summed E-state index contributed by atoms with van der Waals surface area (Å²) in [5.41, 5.74) is 13.6. The Labute approximate surface area is 198 Å². The average molecular weight is 437 g/mol. The summed E-state index contributed by atoms with van der Waals surface area (Å²) in [7, 11) is 0. The molecule has 32 heavy (non-hydrogen) atoms. The summed E-state index contributed by atoms with van der Waals surface area (Å²) in [6, 6.07) is 12.2. The van der Waals surface area contributed by atoms with Crippen LogP contribution in [0.15, 0.2) is 30.3 Å². The van der Waals surface area contributed by atoms with E-state index in [9.17, 15) is 0 Å². The van der Waals surface area contributed by atoms with Crippen LogP contribution < -0.4 is 10.4 Å². The fourth-order valence-corrected chi connectivity index (χ4v) is 4.29. The molecule has 0 fully saturated rings. The number of hydrogen-bond acceptors (Lipinski definition) is 2. The molecule has 0 aliphatic heterocycles. The minimum atomic E-state index is 0.319. The summed E-state index contributed by atoms with van der Waals surface area (Å²) in [4.78, 5) is 0. The third-order valence-corrected chi connectivity index (χ3v) is 6.46. The standard InChI is InChI=1S/C30H48N2/c1-18(2)24-13-14-29(26(15-24)20(5)6)31-32(23(11)12)30-27(21(7)8)16-25(19(3)4)17-28(30)22(9)10/h13-23,31H,1-12H3. The van der Waals surface area contributed by atoms with Gasteiger partial charge in [-0.15, -0.1) is 0 Å². The minimum absolute atomic E-state index is 0.319. The molecule has 1 N–H and O–H groups in total. The highest BCUT2D eigenvalue weighted by molar-refractivity contribution is 5.68. The number of nitrogens with zero attached hydrogens (tertiary/aromatic N) is 1. The van der Waals surface area contributed by atoms with Crippen LogP contribution in [0.2, 0.25) is 0 Å². The largest absolute Gasteiger partial charge is 0.298 e. The molecule has 0 aromatic heterocycles. The number of nitrogens with one attached hydrogen (secondary N) is 1. The molecule has 0 aliphatic rings. The molecule has 0 saturated carbocycles. The van der Waals surface area contributed by atoms with Gasteiger partial charge in [-0.2, -0.15) is 0 Å². The van der Waals surface area contributed by atoms with Gasteiger partial charge in [-0.1, -0.05) is 93.5 Å². The first-order valence-electron chi connectivity index (χ1n) is 12.7. The number of benzene rings is 2. The van der Waals surface area contributed by atoms with Crippen molar-refractivity contribution in [1.29, 1.82) is 0 Å². The first kappa shape index (κ1) is 26.3. The predicted octanol–water partition coefficient (Wildman–Crippen LogP) is 9.55. The lowest BCUT2D eigenvalue weighted by Crippen LogP contribution is -2.38. The molecule has 2 rings (SSSR count). The average Bonchev–Trinajstić information content (AvgIpc) is 2.70. The van der Waals surface area contributed by atoms with E-state index < -0.39 is 0 Å². The summed E-state index contributed by atoms with van der Waals surface area (Å²) in [6.07, 6.45) is 0. The van der Waals surface area contributed by atoms with Gasteiger partial charge in [-0.05, 0) is 77.3 Å². The molecule has 0 aliphatic carbocycles. The van der Waals surface area contributed by atoms with Gasteiger partial charge in [0.2, 0.25) is 0 Å². The topological polar surface area (TPSA) is 15.3 Å². The van der Waals surface area contributed by atoms with Gasteiger partial charge in [-0.25, -0.2) is 0 Å². The summed E-state index contributed by atoms with van der Waals surface area (Å²) in [5, 5.41) is 2.42. The van der Waals surface area contributed by atoms with Crippen LogP contribution in [-0.4, -0.2) is 6.04 Å². The van der Waals surface area contributed by atoms with E-state index in [4.69, 9.17) is 0 Å². The van der Waals surface area contributed by atoms with Crippen LogP contribution in [0.1, 0.15) is 140 Å². The molecule has 0 unspecified atom stereocenters. The zero-order chi connectivity index (χ0) is 24.3. The Hall–Kier alpha value is -1.96. The van der Waals surface area contributed by atoms with Crippen LogP contribution in [0.3, 0.4) is 0 Å². The predicted molar refractivity (Wildman–Crippen MR) is 145 cm³/mol. The maximum atomic E-state index is 3.88. The SMILES string of the molecule is CC(C)c1ccc(NN(c2c(C(C)C)cc(C(C)C)cc2C(C)C)C(C)C)c(C(C)C)c1. The summed E-state index contributed by atoms with van der Waals surface area (Å²) in [5.74, 6) is 2.43. The second-order valence-electron chi connectivity index (χ2n) is 11.2. The third-order valence-electron chi connectivity index (χ3n) is 6.46. The van der Waals surface area contributed by atoms with Crippen LogP contribution >= 0.6 is 0 Å². The fourth-order valence-electron chi connectivity index (χ4n) is 4.29. The van der Waals surface area contributed by atoms with Crippen molar-refractivity contribution < 1.29 is 0 Å². The van der Waals surface area contributed by atoms with Crippen molar-refractivity contribution in [2.45, 2.75) is 119 Å². The van der Waals surface area contributed by atoms with Crippen molar-refractivity contribution in [2.24, 2.45) is 0 Å². The maximum absolute atomic E-state index is 3.88. The van der Waals surface area contributed by atoms with Gasteiger partial charge in [0.05, 0.1) is 11.4 Å². The van der Waals surface area contributed by atoms with E-state index in [-0.39, 0.29) is 0 Å². The molecule has 2 nitrogen and oxygen atoms in total. The van der Waals surface area contributed by atoms with Crippen molar-refractivity contribution in [3.05, 3.63) is 58.1 Å². The zero-order valence-electron chi connectivity index (χ0n) is 22.8. The molecular weight excluding hydrogens is 388 g/mol. The highest BCUT2D eigenvalue weighted by Gasteiger charge is 2.24. The molecule has 0 spiro atoms. The van der Waals surface area contributed by atoms with Crippen LogP contribution in [0.5, 0.6) is 0 Å². The Balaban J connectivity index is 2.71. The van der Waals surface area contributed by atoms with E-state index >= 15 is 0 Å². The quantitative estimate of drug-likeness (QED) is 0.394. The van der Waals surface area contributed by atoms with Gasteiger partial charge >= 0.3 is 0 Å². The lowest BCUT2D eigenvalue weighted by molar-refractivity contribution is 0.713. The lowest BCUT2D eigenvalue weighted by Gasteiger charge is -2.37. The monoisotopic (exact) mass is 436 g/mol. The van der Waals surface area contributed by atoms with Crippen molar-refractivity contribution >= 4 is 11.4 Å². The van der Waals surface area contributed by atoms with Crippen molar-refractivity contribution in [1.82, 2.24) is 0 Å². The summed E-state index contributed by atoms with van der Waals surface area (Å²) in [6.45, 7) is 27.6. The van der Waals surface area contributed by atoms with Gasteiger partial charge < -0.3 is 0 Å². The smallest absolute Gasteiger partial charge is 0.0644 e. The molecule has 0 atom stereocenters. The van der Waals surface area contributed by atoms with Gasteiger partial charge in [-0.3, -0.25) is 10.4 Å². The van der Waals surface area contributed by atoms with Crippen LogP contribution in [0, 0.1) is 0 Å². The van der Waals surface area contributed by atoms with Gasteiger partial charge in [0, 0.05) is 6.04 Å². The third kappa shape index (κ3) is 5.88. The van der Waals surface area contributed by atoms with E-state index in [0.29, 0.717) is 35.6 Å². The summed E-state index contributed by atoms with van der Waals surface area (Å²) < 4.78 is 0. The van der Waals surface area contributed by atoms with E-state index in [2.05, 4.69) is 124 Å². The molecule has 0 radical (unpaired) electrons. The summed E-state index contributed by atoms with van der Waals surface area (Å²) >= 11 is 0. The van der Waals surface area contributed by atoms with Crippen molar-refractivity contribution in [2.75, 3.05) is 10.4 Å². The highest BCUT2D eigenvalue weighted by atomic mass is 15.5. The van der Waals surface area contributed by atoms with Crippen LogP contribution in [0.4, 0.5) is 11.4 Å². The molecule has 178 valence electrons. The molecular formula is C30H48N2. The Morgan fingerprint density at radius 1 is 0.531 bits per heavy atom. The molecule has 0 bridgehead atoms. The van der Waals surface area contributed by atoms with E-state index in [1.54, 1.807) is 0 Å². The Morgan fingerprint density at radius 3 is 1.34 bits per heavy atom. The van der Waals surface area contributed by atoms with Gasteiger partial charge in [0.1, 0.15) is 0 Å². The first-order valence-corrected chi connectivity index (χ1v) is 12.7. The molecule has 2 heteroatoms. The van der Waals surface area contributed by atoms with E-state index in [0.717, 1.165) is 0 Å². The number of rotatable bonds is 9. The second kappa shape index (κ2) is 10.8. The van der Waals surface area contributed by atoms with E-state index in [1.807, 2.05) is 0 Å². The van der Waals surface area contributed by atoms with Crippen molar-refractivity contribution in [3.63, 3.8) is 0 Å². The molecule has 0 heterocycles. The Bertz CT molecular complexity index is 859. The molecule has 2 aromatic rings. The van der Waals surface area contributed by atoms with E-state index in [1.165, 1.54) is 39.2 Å².